The van der Waals surface area contributed by atoms with Gasteiger partial charge in [-0.3, -0.25) is 4.90 Å². The molecule has 2 aliphatic heterocycles. The molecule has 0 saturated carbocycles. The van der Waals surface area contributed by atoms with Gasteiger partial charge in [-0.05, 0) is 47.7 Å². The smallest absolute Gasteiger partial charge is 0.154 e. The Balaban J connectivity index is 1.50. The van der Waals surface area contributed by atoms with Gasteiger partial charge in [0.1, 0.15) is 17.3 Å². The molecule has 8 nitrogen and oxygen atoms in total. The fourth-order valence-corrected chi connectivity index (χ4v) is 6.01. The van der Waals surface area contributed by atoms with Gasteiger partial charge in [0, 0.05) is 53.9 Å². The molecule has 1 aromatic carbocycles. The van der Waals surface area contributed by atoms with E-state index in [0.717, 1.165) is 54.0 Å². The van der Waals surface area contributed by atoms with Crippen molar-refractivity contribution < 1.29 is 9.50 Å². The van der Waals surface area contributed by atoms with Crippen molar-refractivity contribution in [1.29, 1.82) is 5.26 Å². The second-order valence-electron chi connectivity index (χ2n) is 9.02. The van der Waals surface area contributed by atoms with Crippen molar-refractivity contribution in [2.75, 3.05) is 11.9 Å². The summed E-state index contributed by atoms with van der Waals surface area (Å²) in [5.41, 5.74) is 8.33. The minimum absolute atomic E-state index is 0.0410. The second kappa shape index (κ2) is 9.64. The Hall–Kier alpha value is -2.87. The molecule has 2 saturated heterocycles. The first kappa shape index (κ1) is 23.9. The Morgan fingerprint density at radius 3 is 2.77 bits per heavy atom. The maximum atomic E-state index is 14.5. The number of benzene rings is 1. The fraction of sp³-hybridized carbons (Fsp3) is 0.375. The Morgan fingerprint density at radius 2 is 2.09 bits per heavy atom. The van der Waals surface area contributed by atoms with E-state index in [4.69, 9.17) is 22.6 Å². The third-order valence-corrected chi connectivity index (χ3v) is 7.55. The molecule has 4 N–H and O–H groups in total. The minimum Gasteiger partial charge on any atom is -0.508 e. The van der Waals surface area contributed by atoms with Gasteiger partial charge in [-0.1, -0.05) is 11.6 Å². The molecule has 0 spiro atoms. The number of nitriles is 1. The number of fused-ring (bicyclic) bond motifs is 3. The van der Waals surface area contributed by atoms with Crippen LogP contribution >= 0.6 is 27.5 Å². The lowest BCUT2D eigenvalue weighted by atomic mass is 9.96. The number of nitrogens with zero attached hydrogens (tertiary/aromatic N) is 5. The fourth-order valence-electron chi connectivity index (χ4n) is 5.35. The van der Waals surface area contributed by atoms with E-state index in [0.29, 0.717) is 24.1 Å². The van der Waals surface area contributed by atoms with Crippen molar-refractivity contribution in [2.45, 2.75) is 50.2 Å². The van der Waals surface area contributed by atoms with E-state index in [9.17, 15) is 9.50 Å². The first-order valence-electron chi connectivity index (χ1n) is 11.4. The SMILES string of the molecule is N#CCCN1[C@@H]2CC[C@H]1C[C@H](Nc1c(/C(N)=N/c3c(F)cc(O)cc3Cl)cnn3cc(Br)cc13)C2. The van der Waals surface area contributed by atoms with Crippen LogP contribution in [0.15, 0.2) is 40.1 Å². The Kier molecular flexibility index (Phi) is 6.57. The molecular weight excluding hydrogens is 537 g/mol. The molecule has 182 valence electrons. The molecule has 11 heteroatoms. The molecule has 5 rings (SSSR count). The summed E-state index contributed by atoms with van der Waals surface area (Å²) in [6.45, 7) is 0.813. The van der Waals surface area contributed by atoms with Crippen molar-refractivity contribution in [3.05, 3.63) is 51.5 Å². The van der Waals surface area contributed by atoms with Gasteiger partial charge < -0.3 is 16.2 Å². The average molecular weight is 561 g/mol. The number of hydrogen-bond acceptors (Lipinski definition) is 6. The van der Waals surface area contributed by atoms with Crippen LogP contribution in [-0.4, -0.2) is 50.1 Å². The zero-order chi connectivity index (χ0) is 24.7. The van der Waals surface area contributed by atoms with Gasteiger partial charge in [-0.25, -0.2) is 13.9 Å². The van der Waals surface area contributed by atoms with E-state index in [1.54, 1.807) is 10.7 Å². The van der Waals surface area contributed by atoms with Gasteiger partial charge in [0.25, 0.3) is 0 Å². The van der Waals surface area contributed by atoms with Crippen LogP contribution in [-0.2, 0) is 0 Å². The molecule has 3 aromatic rings. The maximum Gasteiger partial charge on any atom is 0.154 e. The number of phenolic OH excluding ortho intramolecular Hbond substituents is 1. The first-order valence-corrected chi connectivity index (χ1v) is 12.6. The number of amidine groups is 1. The molecule has 35 heavy (non-hydrogen) atoms. The molecule has 3 atom stereocenters. The van der Waals surface area contributed by atoms with E-state index in [1.165, 1.54) is 6.07 Å². The van der Waals surface area contributed by atoms with Crippen molar-refractivity contribution in [1.82, 2.24) is 14.5 Å². The van der Waals surface area contributed by atoms with E-state index in [1.807, 2.05) is 12.3 Å². The molecule has 4 heterocycles. The molecule has 0 unspecified atom stereocenters. The van der Waals surface area contributed by atoms with Crippen LogP contribution in [0.25, 0.3) is 5.52 Å². The normalized spacial score (nSPS) is 22.5. The molecule has 2 fully saturated rings. The van der Waals surface area contributed by atoms with Gasteiger partial charge in [0.05, 0.1) is 34.1 Å². The van der Waals surface area contributed by atoms with E-state index in [-0.39, 0.29) is 28.3 Å². The van der Waals surface area contributed by atoms with Crippen LogP contribution in [0.3, 0.4) is 0 Å². The third-order valence-electron chi connectivity index (χ3n) is 6.83. The highest BCUT2D eigenvalue weighted by Crippen LogP contribution is 2.38. The summed E-state index contributed by atoms with van der Waals surface area (Å²) >= 11 is 9.63. The number of nitrogens with one attached hydrogen (secondary N) is 1. The summed E-state index contributed by atoms with van der Waals surface area (Å²) in [5.74, 6) is -1.00. The molecule has 2 aromatic heterocycles. The van der Waals surface area contributed by atoms with Crippen LogP contribution in [0.4, 0.5) is 15.8 Å². The van der Waals surface area contributed by atoms with Crippen LogP contribution in [0.2, 0.25) is 5.02 Å². The standard InChI is InChI=1S/C24H24BrClFN7O/c25-13-6-21-22(31-14-7-15-2-3-16(8-14)33(15)5-1-4-28)18(11-30-34(21)12-13)24(29)32-23-19(26)9-17(35)10-20(23)27/h6,9-12,14-16,31,35H,1-3,5,7-8H2,(H2,29,32)/t14-,15-,16+. The highest BCUT2D eigenvalue weighted by atomic mass is 79.9. The van der Waals surface area contributed by atoms with E-state index >= 15 is 0 Å². The van der Waals surface area contributed by atoms with Crippen molar-refractivity contribution in [2.24, 2.45) is 10.7 Å². The predicted molar refractivity (Wildman–Crippen MR) is 137 cm³/mol. The largest absolute Gasteiger partial charge is 0.508 e. The molecule has 0 radical (unpaired) electrons. The summed E-state index contributed by atoms with van der Waals surface area (Å²) in [5, 5.41) is 26.7. The number of hydrogen-bond donors (Lipinski definition) is 3. The third kappa shape index (κ3) is 4.68. The van der Waals surface area contributed by atoms with Gasteiger partial charge in [-0.2, -0.15) is 10.4 Å². The number of nitrogens with two attached hydrogens (primary N) is 1. The Labute approximate surface area is 215 Å². The van der Waals surface area contributed by atoms with Crippen molar-refractivity contribution >= 4 is 50.3 Å². The number of phenols is 1. The zero-order valence-corrected chi connectivity index (χ0v) is 21.1. The van der Waals surface area contributed by atoms with Crippen molar-refractivity contribution in [3.63, 3.8) is 0 Å². The van der Waals surface area contributed by atoms with Gasteiger partial charge >= 0.3 is 0 Å². The summed E-state index contributed by atoms with van der Waals surface area (Å²) in [6, 6.07) is 7.44. The second-order valence-corrected chi connectivity index (χ2v) is 10.3. The maximum absolute atomic E-state index is 14.5. The Morgan fingerprint density at radius 1 is 1.34 bits per heavy atom. The lowest BCUT2D eigenvalue weighted by Gasteiger charge is -2.39. The highest BCUT2D eigenvalue weighted by Gasteiger charge is 2.40. The highest BCUT2D eigenvalue weighted by molar-refractivity contribution is 9.10. The number of anilines is 1. The number of piperidine rings is 1. The Bertz CT molecular complexity index is 1320. The van der Waals surface area contributed by atoms with E-state index < -0.39 is 5.82 Å². The summed E-state index contributed by atoms with van der Waals surface area (Å²) in [7, 11) is 0. The summed E-state index contributed by atoms with van der Waals surface area (Å²) in [4.78, 5) is 6.74. The number of aromatic hydroxyl groups is 1. The zero-order valence-electron chi connectivity index (χ0n) is 18.8. The number of halogens is 3. The van der Waals surface area contributed by atoms with Crippen LogP contribution < -0.4 is 11.1 Å². The lowest BCUT2D eigenvalue weighted by molar-refractivity contribution is 0.136. The summed E-state index contributed by atoms with van der Waals surface area (Å²) in [6.07, 6.45) is 8.16. The predicted octanol–water partition coefficient (Wildman–Crippen LogP) is 4.95. The van der Waals surface area contributed by atoms with Gasteiger partial charge in [-0.15, -0.1) is 0 Å². The molecule has 2 aliphatic rings. The van der Waals surface area contributed by atoms with Gasteiger partial charge in [0.15, 0.2) is 5.82 Å². The molecular formula is C24H24BrClFN7O. The first-order chi connectivity index (χ1) is 16.8. The minimum atomic E-state index is -0.770. The van der Waals surface area contributed by atoms with Crippen LogP contribution in [0, 0.1) is 17.1 Å². The van der Waals surface area contributed by atoms with Gasteiger partial charge in [0.2, 0.25) is 0 Å². The monoisotopic (exact) mass is 559 g/mol. The summed E-state index contributed by atoms with van der Waals surface area (Å²) < 4.78 is 17.1. The number of aliphatic imine (C=N–C) groups is 1. The lowest BCUT2D eigenvalue weighted by Crippen LogP contribution is -2.47. The number of rotatable bonds is 6. The quantitative estimate of drug-likeness (QED) is 0.290. The number of aromatic nitrogens is 2. The van der Waals surface area contributed by atoms with E-state index in [2.05, 4.69) is 42.3 Å². The van der Waals surface area contributed by atoms with Crippen molar-refractivity contribution in [3.8, 4) is 11.8 Å². The molecule has 0 amide bonds. The van der Waals surface area contributed by atoms with Crippen LogP contribution in [0.1, 0.15) is 37.7 Å². The van der Waals surface area contributed by atoms with Crippen LogP contribution in [0.5, 0.6) is 5.75 Å². The topological polar surface area (TPSA) is 115 Å². The molecule has 2 bridgehead atoms. The average Bonchev–Trinajstić information content (AvgIpc) is 3.30. The molecule has 0 aliphatic carbocycles.